The summed E-state index contributed by atoms with van der Waals surface area (Å²) in [4.78, 5) is 0. The maximum Gasteiger partial charge on any atom is 0.123 e. The predicted molar refractivity (Wildman–Crippen MR) is 80.6 cm³/mol. The molecule has 0 saturated carbocycles. The van der Waals surface area contributed by atoms with Crippen molar-refractivity contribution in [3.8, 4) is 5.75 Å². The minimum absolute atomic E-state index is 0.0214. The van der Waals surface area contributed by atoms with Crippen LogP contribution in [0.5, 0.6) is 5.75 Å². The molecular weight excluding hydrogens is 251 g/mol. The van der Waals surface area contributed by atoms with E-state index in [1.807, 2.05) is 25.1 Å². The topological polar surface area (TPSA) is 9.23 Å². The van der Waals surface area contributed by atoms with Gasteiger partial charge in [0.25, 0.3) is 0 Å². The van der Waals surface area contributed by atoms with Gasteiger partial charge in [-0.05, 0) is 47.2 Å². The summed E-state index contributed by atoms with van der Waals surface area (Å²) in [6.45, 7) is 8.82. The summed E-state index contributed by atoms with van der Waals surface area (Å²) in [6.07, 6.45) is 0. The lowest BCUT2D eigenvalue weighted by Gasteiger charge is -2.22. The molecule has 0 saturated heterocycles. The van der Waals surface area contributed by atoms with Crippen molar-refractivity contribution in [3.63, 3.8) is 0 Å². The molecule has 0 heterocycles. The number of para-hydroxylation sites is 1. The molecule has 0 fully saturated rings. The Morgan fingerprint density at radius 3 is 2.45 bits per heavy atom. The highest BCUT2D eigenvalue weighted by molar-refractivity contribution is 5.38. The van der Waals surface area contributed by atoms with Crippen LogP contribution in [-0.2, 0) is 12.0 Å². The number of ether oxygens (including phenoxy) is 1. The van der Waals surface area contributed by atoms with Crippen LogP contribution >= 0.6 is 0 Å². The van der Waals surface area contributed by atoms with Crippen molar-refractivity contribution >= 4 is 0 Å². The molecule has 2 aromatic carbocycles. The first-order chi connectivity index (χ1) is 9.38. The van der Waals surface area contributed by atoms with Gasteiger partial charge in [-0.15, -0.1) is 0 Å². The third kappa shape index (κ3) is 3.38. The van der Waals surface area contributed by atoms with Crippen LogP contribution in [0, 0.1) is 12.7 Å². The highest BCUT2D eigenvalue weighted by Crippen LogP contribution is 2.31. The molecule has 0 aliphatic carbocycles. The molecule has 0 bridgehead atoms. The maximum absolute atomic E-state index is 13.3. The van der Waals surface area contributed by atoms with E-state index >= 15 is 0 Å². The van der Waals surface area contributed by atoms with Gasteiger partial charge in [0.05, 0.1) is 0 Å². The minimum Gasteiger partial charge on any atom is -0.489 e. The molecule has 2 aromatic rings. The van der Waals surface area contributed by atoms with Crippen molar-refractivity contribution in [1.29, 1.82) is 0 Å². The summed E-state index contributed by atoms with van der Waals surface area (Å²) in [7, 11) is 0. The van der Waals surface area contributed by atoms with E-state index in [-0.39, 0.29) is 11.2 Å². The predicted octanol–water partition coefficient (Wildman–Crippen LogP) is 5.01. The van der Waals surface area contributed by atoms with Gasteiger partial charge in [0.1, 0.15) is 18.2 Å². The molecule has 0 N–H and O–H groups in total. The summed E-state index contributed by atoms with van der Waals surface area (Å²) in [5, 5.41) is 0. The number of hydrogen-bond donors (Lipinski definition) is 0. The molecule has 0 amide bonds. The van der Waals surface area contributed by atoms with Crippen molar-refractivity contribution in [2.24, 2.45) is 0 Å². The lowest BCUT2D eigenvalue weighted by molar-refractivity contribution is 0.296. The highest BCUT2D eigenvalue weighted by Gasteiger charge is 2.18. The molecule has 2 rings (SSSR count). The number of halogens is 1. The molecule has 0 atom stereocenters. The van der Waals surface area contributed by atoms with Gasteiger partial charge >= 0.3 is 0 Å². The summed E-state index contributed by atoms with van der Waals surface area (Å²) < 4.78 is 19.2. The van der Waals surface area contributed by atoms with Crippen LogP contribution in [0.3, 0.4) is 0 Å². The van der Waals surface area contributed by atoms with E-state index in [0.29, 0.717) is 6.61 Å². The van der Waals surface area contributed by atoms with Gasteiger partial charge in [-0.1, -0.05) is 45.0 Å². The van der Waals surface area contributed by atoms with Crippen LogP contribution in [0.1, 0.15) is 37.5 Å². The van der Waals surface area contributed by atoms with E-state index < -0.39 is 0 Å². The van der Waals surface area contributed by atoms with Crippen molar-refractivity contribution in [3.05, 3.63) is 65.0 Å². The molecule has 0 aromatic heterocycles. The first-order valence-electron chi connectivity index (χ1n) is 6.85. The number of hydrogen-bond acceptors (Lipinski definition) is 1. The summed E-state index contributed by atoms with van der Waals surface area (Å²) in [5.74, 6) is 0.641. The highest BCUT2D eigenvalue weighted by atomic mass is 19.1. The van der Waals surface area contributed by atoms with Gasteiger partial charge in [0.2, 0.25) is 0 Å². The maximum atomic E-state index is 13.3. The molecule has 0 aliphatic rings. The first kappa shape index (κ1) is 14.6. The third-order valence-corrected chi connectivity index (χ3v) is 3.39. The monoisotopic (exact) mass is 272 g/mol. The molecular formula is C18H21FO. The van der Waals surface area contributed by atoms with Gasteiger partial charge in [-0.3, -0.25) is 0 Å². The van der Waals surface area contributed by atoms with Crippen LogP contribution in [0.2, 0.25) is 0 Å². The summed E-state index contributed by atoms with van der Waals surface area (Å²) >= 11 is 0. The zero-order chi connectivity index (χ0) is 14.8. The van der Waals surface area contributed by atoms with Crippen LogP contribution in [0.25, 0.3) is 0 Å². The lowest BCUT2D eigenvalue weighted by Crippen LogP contribution is -2.13. The molecule has 106 valence electrons. The largest absolute Gasteiger partial charge is 0.489 e. The van der Waals surface area contributed by atoms with Crippen molar-refractivity contribution in [2.45, 2.75) is 39.7 Å². The van der Waals surface area contributed by atoms with Gasteiger partial charge in [-0.25, -0.2) is 4.39 Å². The normalized spacial score (nSPS) is 11.4. The first-order valence-corrected chi connectivity index (χ1v) is 6.85. The van der Waals surface area contributed by atoms with E-state index in [1.54, 1.807) is 6.07 Å². The van der Waals surface area contributed by atoms with Crippen molar-refractivity contribution in [2.75, 3.05) is 0 Å². The summed E-state index contributed by atoms with van der Waals surface area (Å²) in [5.41, 5.74) is 3.11. The van der Waals surface area contributed by atoms with E-state index in [2.05, 4.69) is 26.8 Å². The Balaban J connectivity index is 2.21. The van der Waals surface area contributed by atoms with Gasteiger partial charge < -0.3 is 4.74 Å². The Labute approximate surface area is 120 Å². The van der Waals surface area contributed by atoms with Crippen molar-refractivity contribution < 1.29 is 9.13 Å². The smallest absolute Gasteiger partial charge is 0.123 e. The average Bonchev–Trinajstić information content (AvgIpc) is 2.39. The Morgan fingerprint density at radius 1 is 1.05 bits per heavy atom. The molecule has 2 heteroatoms. The number of benzene rings is 2. The van der Waals surface area contributed by atoms with Crippen LogP contribution in [0.4, 0.5) is 4.39 Å². The summed E-state index contributed by atoms with van der Waals surface area (Å²) in [6, 6.07) is 12.8. The van der Waals surface area contributed by atoms with Gasteiger partial charge in [0.15, 0.2) is 0 Å². The molecule has 0 radical (unpaired) electrons. The molecule has 20 heavy (non-hydrogen) atoms. The Kier molecular flexibility index (Phi) is 4.12. The second-order valence-electron chi connectivity index (χ2n) is 6.11. The van der Waals surface area contributed by atoms with Crippen LogP contribution < -0.4 is 4.74 Å². The van der Waals surface area contributed by atoms with E-state index in [4.69, 9.17) is 4.74 Å². The van der Waals surface area contributed by atoms with Gasteiger partial charge in [0, 0.05) is 0 Å². The Morgan fingerprint density at radius 2 is 1.75 bits per heavy atom. The fraction of sp³-hybridized carbons (Fsp3) is 0.333. The average molecular weight is 272 g/mol. The molecule has 0 unspecified atom stereocenters. The van der Waals surface area contributed by atoms with Crippen molar-refractivity contribution in [1.82, 2.24) is 0 Å². The third-order valence-electron chi connectivity index (χ3n) is 3.39. The lowest BCUT2D eigenvalue weighted by atomic mass is 9.86. The SMILES string of the molecule is Cc1ccc(F)cc1COc1ccccc1C(C)(C)C. The van der Waals surface area contributed by atoms with E-state index in [1.165, 1.54) is 12.1 Å². The second-order valence-corrected chi connectivity index (χ2v) is 6.11. The standard InChI is InChI=1S/C18H21FO/c1-13-9-10-15(19)11-14(13)12-20-17-8-6-5-7-16(17)18(2,3)4/h5-11H,12H2,1-4H3. The molecule has 0 spiro atoms. The minimum atomic E-state index is -0.224. The van der Waals surface area contributed by atoms with E-state index in [9.17, 15) is 4.39 Å². The second kappa shape index (κ2) is 5.66. The quantitative estimate of drug-likeness (QED) is 0.763. The Hall–Kier alpha value is -1.83. The number of aryl methyl sites for hydroxylation is 1. The molecule has 1 nitrogen and oxygen atoms in total. The fourth-order valence-corrected chi connectivity index (χ4v) is 2.16. The van der Waals surface area contributed by atoms with E-state index in [0.717, 1.165) is 22.4 Å². The zero-order valence-corrected chi connectivity index (χ0v) is 12.5. The van der Waals surface area contributed by atoms with Gasteiger partial charge in [-0.2, -0.15) is 0 Å². The zero-order valence-electron chi connectivity index (χ0n) is 12.5. The van der Waals surface area contributed by atoms with Crippen LogP contribution in [-0.4, -0.2) is 0 Å². The molecule has 0 aliphatic heterocycles. The van der Waals surface area contributed by atoms with Crippen LogP contribution in [0.15, 0.2) is 42.5 Å². The fourth-order valence-electron chi connectivity index (χ4n) is 2.16. The number of rotatable bonds is 3. The Bertz CT molecular complexity index is 597.